The van der Waals surface area contributed by atoms with Crippen molar-refractivity contribution in [1.29, 1.82) is 0 Å². The largest absolute Gasteiger partial charge is 0.481 e. The molecule has 0 aromatic rings. The van der Waals surface area contributed by atoms with E-state index in [1.165, 1.54) is 0 Å². The Hall–Kier alpha value is -0.970. The molecule has 0 aliphatic heterocycles. The molecule has 16 heavy (non-hydrogen) atoms. The zero-order valence-electron chi connectivity index (χ0n) is 10.3. The van der Waals surface area contributed by atoms with Crippen LogP contribution in [-0.4, -0.2) is 11.1 Å². The van der Waals surface area contributed by atoms with E-state index in [0.29, 0.717) is 11.3 Å². The van der Waals surface area contributed by atoms with Crippen molar-refractivity contribution in [2.24, 2.45) is 17.3 Å². The number of carboxylic acid groups (broad SMARTS) is 1. The molecule has 2 atom stereocenters. The lowest BCUT2D eigenvalue weighted by Crippen LogP contribution is -2.34. The average Bonchev–Trinajstić information content (AvgIpc) is 2.16. The molecule has 90 valence electrons. The molecule has 2 nitrogen and oxygen atoms in total. The molecule has 1 fully saturated rings. The Bertz CT molecular complexity index is 286. The molecule has 1 aliphatic carbocycles. The van der Waals surface area contributed by atoms with Crippen LogP contribution in [0.4, 0.5) is 0 Å². The Morgan fingerprint density at radius 3 is 2.81 bits per heavy atom. The van der Waals surface area contributed by atoms with E-state index < -0.39 is 5.97 Å². The lowest BCUT2D eigenvalue weighted by atomic mass is 9.66. The molecule has 1 N–H and O–H groups in total. The molecule has 0 spiro atoms. The van der Waals surface area contributed by atoms with Crippen molar-refractivity contribution < 1.29 is 9.90 Å². The summed E-state index contributed by atoms with van der Waals surface area (Å²) in [6, 6.07) is 0. The van der Waals surface area contributed by atoms with E-state index in [-0.39, 0.29) is 5.92 Å². The first-order chi connectivity index (χ1) is 7.46. The SMILES string of the molecule is C#CCCCC1CC(C)(C)CCC1C(=O)O. The quantitative estimate of drug-likeness (QED) is 0.585. The van der Waals surface area contributed by atoms with Gasteiger partial charge in [0.2, 0.25) is 0 Å². The minimum Gasteiger partial charge on any atom is -0.481 e. The average molecular weight is 222 g/mol. The number of rotatable bonds is 4. The summed E-state index contributed by atoms with van der Waals surface area (Å²) >= 11 is 0. The van der Waals surface area contributed by atoms with E-state index in [1.54, 1.807) is 0 Å². The minimum absolute atomic E-state index is 0.147. The fourth-order valence-corrected chi connectivity index (χ4v) is 2.83. The molecular weight excluding hydrogens is 200 g/mol. The summed E-state index contributed by atoms with van der Waals surface area (Å²) in [7, 11) is 0. The molecule has 1 rings (SSSR count). The summed E-state index contributed by atoms with van der Waals surface area (Å²) in [5.41, 5.74) is 0.298. The van der Waals surface area contributed by atoms with Crippen LogP contribution >= 0.6 is 0 Å². The molecule has 0 bridgehead atoms. The van der Waals surface area contributed by atoms with E-state index in [4.69, 9.17) is 6.42 Å². The third-order valence-electron chi connectivity index (χ3n) is 3.73. The highest BCUT2D eigenvalue weighted by Gasteiger charge is 2.37. The number of hydrogen-bond acceptors (Lipinski definition) is 1. The van der Waals surface area contributed by atoms with Gasteiger partial charge < -0.3 is 5.11 Å². The number of aliphatic carboxylic acids is 1. The number of carbonyl (C=O) groups is 1. The zero-order chi connectivity index (χ0) is 12.2. The van der Waals surface area contributed by atoms with Crippen molar-refractivity contribution in [3.8, 4) is 12.3 Å². The van der Waals surface area contributed by atoms with E-state index in [2.05, 4.69) is 19.8 Å². The highest BCUT2D eigenvalue weighted by molar-refractivity contribution is 5.70. The zero-order valence-corrected chi connectivity index (χ0v) is 10.3. The van der Waals surface area contributed by atoms with Gasteiger partial charge in [-0.2, -0.15) is 0 Å². The monoisotopic (exact) mass is 222 g/mol. The molecule has 0 radical (unpaired) electrons. The van der Waals surface area contributed by atoms with Gasteiger partial charge in [0, 0.05) is 6.42 Å². The highest BCUT2D eigenvalue weighted by atomic mass is 16.4. The summed E-state index contributed by atoms with van der Waals surface area (Å²) < 4.78 is 0. The predicted octanol–water partition coefficient (Wildman–Crippen LogP) is 3.32. The fraction of sp³-hybridized carbons (Fsp3) is 0.786. The van der Waals surface area contributed by atoms with Crippen molar-refractivity contribution in [2.45, 2.75) is 52.4 Å². The third-order valence-corrected chi connectivity index (χ3v) is 3.73. The Balaban J connectivity index is 2.58. The molecule has 2 heteroatoms. The summed E-state index contributed by atoms with van der Waals surface area (Å²) in [5, 5.41) is 9.20. The Morgan fingerprint density at radius 1 is 1.56 bits per heavy atom. The maximum absolute atomic E-state index is 11.2. The van der Waals surface area contributed by atoms with Gasteiger partial charge in [-0.05, 0) is 43.4 Å². The molecule has 1 aliphatic rings. The van der Waals surface area contributed by atoms with Gasteiger partial charge in [-0.1, -0.05) is 13.8 Å². The lowest BCUT2D eigenvalue weighted by Gasteiger charge is -2.39. The van der Waals surface area contributed by atoms with Crippen LogP contribution in [0.1, 0.15) is 52.4 Å². The van der Waals surface area contributed by atoms with Crippen molar-refractivity contribution in [2.75, 3.05) is 0 Å². The first-order valence-electron chi connectivity index (χ1n) is 6.12. The van der Waals surface area contributed by atoms with E-state index >= 15 is 0 Å². The molecule has 0 saturated heterocycles. The van der Waals surface area contributed by atoms with Gasteiger partial charge in [0.1, 0.15) is 0 Å². The van der Waals surface area contributed by atoms with Gasteiger partial charge in [0.25, 0.3) is 0 Å². The summed E-state index contributed by atoms with van der Waals surface area (Å²) in [4.78, 5) is 11.2. The van der Waals surface area contributed by atoms with Gasteiger partial charge in [-0.15, -0.1) is 12.3 Å². The Labute approximate surface area is 98.4 Å². The summed E-state index contributed by atoms with van der Waals surface area (Å²) in [6.07, 6.45) is 10.8. The summed E-state index contributed by atoms with van der Waals surface area (Å²) in [5.74, 6) is 2.17. The van der Waals surface area contributed by atoms with Crippen LogP contribution in [0.25, 0.3) is 0 Å². The van der Waals surface area contributed by atoms with E-state index in [1.807, 2.05) is 0 Å². The first-order valence-corrected chi connectivity index (χ1v) is 6.12. The molecule has 0 aromatic carbocycles. The number of carboxylic acids is 1. The normalized spacial score (nSPS) is 28.3. The van der Waals surface area contributed by atoms with Crippen LogP contribution in [0.2, 0.25) is 0 Å². The molecule has 0 amide bonds. The third kappa shape index (κ3) is 3.56. The smallest absolute Gasteiger partial charge is 0.306 e. The lowest BCUT2D eigenvalue weighted by molar-refractivity contribution is -0.146. The second kappa shape index (κ2) is 5.39. The maximum Gasteiger partial charge on any atom is 0.306 e. The minimum atomic E-state index is -0.624. The topological polar surface area (TPSA) is 37.3 Å². The van der Waals surface area contributed by atoms with E-state index in [9.17, 15) is 9.90 Å². The van der Waals surface area contributed by atoms with Crippen LogP contribution in [0, 0.1) is 29.6 Å². The van der Waals surface area contributed by atoms with Gasteiger partial charge in [-0.3, -0.25) is 4.79 Å². The van der Waals surface area contributed by atoms with Crippen molar-refractivity contribution in [1.82, 2.24) is 0 Å². The van der Waals surface area contributed by atoms with Gasteiger partial charge in [0.05, 0.1) is 5.92 Å². The van der Waals surface area contributed by atoms with E-state index in [0.717, 1.165) is 38.5 Å². The fourth-order valence-electron chi connectivity index (χ4n) is 2.83. The molecule has 2 unspecified atom stereocenters. The van der Waals surface area contributed by atoms with Crippen LogP contribution < -0.4 is 0 Å². The maximum atomic E-state index is 11.2. The standard InChI is InChI=1S/C14H22O2/c1-4-5-6-7-11-10-14(2,3)9-8-12(11)13(15)16/h1,11-12H,5-10H2,2-3H3,(H,15,16). The Kier molecular flexibility index (Phi) is 4.41. The second-order valence-electron chi connectivity index (χ2n) is 5.71. The predicted molar refractivity (Wildman–Crippen MR) is 64.9 cm³/mol. The summed E-state index contributed by atoms with van der Waals surface area (Å²) in [6.45, 7) is 4.47. The highest BCUT2D eigenvalue weighted by Crippen LogP contribution is 2.43. The number of terminal acetylenes is 1. The molecule has 0 aromatic heterocycles. The van der Waals surface area contributed by atoms with Crippen molar-refractivity contribution in [3.63, 3.8) is 0 Å². The van der Waals surface area contributed by atoms with Crippen LogP contribution in [0.15, 0.2) is 0 Å². The van der Waals surface area contributed by atoms with Gasteiger partial charge in [0.15, 0.2) is 0 Å². The second-order valence-corrected chi connectivity index (χ2v) is 5.71. The van der Waals surface area contributed by atoms with Crippen LogP contribution in [0.3, 0.4) is 0 Å². The van der Waals surface area contributed by atoms with Crippen LogP contribution in [0.5, 0.6) is 0 Å². The number of unbranched alkanes of at least 4 members (excludes halogenated alkanes) is 1. The Morgan fingerprint density at radius 2 is 2.25 bits per heavy atom. The van der Waals surface area contributed by atoms with Crippen molar-refractivity contribution >= 4 is 5.97 Å². The first kappa shape index (κ1) is 13.1. The molecular formula is C14H22O2. The molecule has 1 saturated carbocycles. The van der Waals surface area contributed by atoms with Crippen molar-refractivity contribution in [3.05, 3.63) is 0 Å². The van der Waals surface area contributed by atoms with Crippen LogP contribution in [-0.2, 0) is 4.79 Å². The molecule has 0 heterocycles. The number of hydrogen-bond donors (Lipinski definition) is 1. The van der Waals surface area contributed by atoms with Gasteiger partial charge in [-0.25, -0.2) is 0 Å². The van der Waals surface area contributed by atoms with Gasteiger partial charge >= 0.3 is 5.97 Å².